The summed E-state index contributed by atoms with van der Waals surface area (Å²) < 4.78 is 0. The van der Waals surface area contributed by atoms with Crippen molar-refractivity contribution in [2.75, 3.05) is 41.3 Å². The van der Waals surface area contributed by atoms with E-state index in [0.29, 0.717) is 53.6 Å². The maximum absolute atomic E-state index is 6.17. The van der Waals surface area contributed by atoms with Crippen LogP contribution < -0.4 is 28.3 Å². The maximum Gasteiger partial charge on any atom is 0.141 e. The lowest BCUT2D eigenvalue weighted by Crippen LogP contribution is -2.34. The van der Waals surface area contributed by atoms with E-state index in [1.807, 2.05) is 101 Å². The Morgan fingerprint density at radius 2 is 0.889 bits per heavy atom. The standard InChI is InChI=1S/C21H22N4S.C20H22N4S.2C19H22N4S/c1-25-15-5-6-16(25)10-13(9-15)18-12-23-19-7-4-14(11-17(18)19)24-21(22)20-3-2-8-26-20;1-22-14-6-4-13(5-7-14)17-12-23-18-9-8-15(11-16(17)18)24-20(21)19-3-2-10-25-19;2*1-23-8-2-4-15(23)10-13-12-21-17-7-6-14(11-16(13)17)22-19(20)18-5-3-9-24-18/h2-4,7-9,11-12,15-16,23H,5-6,10H2,1H3,(H2,22,24);2-4,8-12,14,22-23H,5-7H2,1H3,(H2,21,24);2*3,5-7,9,11-12,15,21H,2,4,8,10H2,1H3,(H2,20,22)/t;;2*15-/m..10/s1. The Kier molecular flexibility index (Phi) is 20.8. The fourth-order valence-corrected chi connectivity index (χ4v) is 17.2. The summed E-state index contributed by atoms with van der Waals surface area (Å²) in [4.78, 5) is 43.5. The van der Waals surface area contributed by atoms with Gasteiger partial charge in [0.25, 0.3) is 0 Å². The highest BCUT2D eigenvalue weighted by atomic mass is 32.1. The van der Waals surface area contributed by atoms with Gasteiger partial charge < -0.3 is 58.0 Å². The van der Waals surface area contributed by atoms with Gasteiger partial charge in [-0.1, -0.05) is 36.4 Å². The van der Waals surface area contributed by atoms with Gasteiger partial charge in [0, 0.05) is 110 Å². The van der Waals surface area contributed by atoms with E-state index in [1.165, 1.54) is 124 Å². The third-order valence-corrected chi connectivity index (χ3v) is 24.0. The van der Waals surface area contributed by atoms with Crippen molar-refractivity contribution in [3.05, 3.63) is 222 Å². The van der Waals surface area contributed by atoms with Gasteiger partial charge in [-0.2, -0.15) is 0 Å². The van der Waals surface area contributed by atoms with Crippen LogP contribution in [0.4, 0.5) is 22.7 Å². The average Bonchev–Trinajstić information content (AvgIpc) is 1.67. The number of benzene rings is 4. The summed E-state index contributed by atoms with van der Waals surface area (Å²) in [6.07, 6.45) is 27.8. The number of likely N-dealkylation sites (N-methyl/N-ethyl adjacent to an activating group) is 3. The van der Waals surface area contributed by atoms with Crippen LogP contribution in [0.3, 0.4) is 0 Å². The van der Waals surface area contributed by atoms with Gasteiger partial charge >= 0.3 is 0 Å². The predicted molar refractivity (Wildman–Crippen MR) is 423 cm³/mol. The number of hydrogen-bond acceptors (Lipinski definition) is 12. The van der Waals surface area contributed by atoms with Gasteiger partial charge in [0.2, 0.25) is 0 Å². The molecule has 3 unspecified atom stereocenters. The number of nitrogens with one attached hydrogen (secondary N) is 5. The molecule has 508 valence electrons. The number of nitrogens with two attached hydrogens (primary N) is 4. The Balaban J connectivity index is 0.000000113. The van der Waals surface area contributed by atoms with Crippen LogP contribution in [0.1, 0.15) is 106 Å². The lowest BCUT2D eigenvalue weighted by atomic mass is 9.90. The molecule has 17 rings (SSSR count). The van der Waals surface area contributed by atoms with Gasteiger partial charge in [-0.3, -0.25) is 4.90 Å². The summed E-state index contributed by atoms with van der Waals surface area (Å²) in [6.45, 7) is 2.42. The summed E-state index contributed by atoms with van der Waals surface area (Å²) in [5, 5.41) is 16.4. The Bertz CT molecular complexity index is 4750. The Morgan fingerprint density at radius 3 is 1.25 bits per heavy atom. The molecule has 5 atom stereocenters. The molecule has 0 saturated carbocycles. The van der Waals surface area contributed by atoms with Crippen molar-refractivity contribution in [1.82, 2.24) is 40.0 Å². The van der Waals surface area contributed by atoms with Gasteiger partial charge in [0.1, 0.15) is 23.3 Å². The van der Waals surface area contributed by atoms with Crippen LogP contribution in [0.25, 0.3) is 54.8 Å². The number of nitrogens with zero attached hydrogens (tertiary/aromatic N) is 7. The summed E-state index contributed by atoms with van der Waals surface area (Å²) in [6, 6.07) is 44.2. The molecule has 8 aromatic heterocycles. The number of likely N-dealkylation sites (tertiary alicyclic amines) is 2. The second-order valence-corrected chi connectivity index (χ2v) is 30.5. The number of allylic oxidation sites excluding steroid dienone is 1. The molecular formula is C79H88N16S4. The highest BCUT2D eigenvalue weighted by Gasteiger charge is 2.35. The molecule has 13 N–H and O–H groups in total. The monoisotopic (exact) mass is 1390 g/mol. The highest BCUT2D eigenvalue weighted by molar-refractivity contribution is 7.13. The lowest BCUT2D eigenvalue weighted by molar-refractivity contribution is 0.264. The second kappa shape index (κ2) is 30.7. The fourth-order valence-electron chi connectivity index (χ4n) is 14.7. The number of rotatable bonds is 15. The van der Waals surface area contributed by atoms with Crippen molar-refractivity contribution in [2.24, 2.45) is 42.9 Å². The number of hydrogen-bond donors (Lipinski definition) is 9. The first kappa shape index (κ1) is 67.2. The van der Waals surface area contributed by atoms with E-state index in [9.17, 15) is 0 Å². The van der Waals surface area contributed by atoms with Gasteiger partial charge in [0.15, 0.2) is 0 Å². The van der Waals surface area contributed by atoms with Gasteiger partial charge in [-0.25, -0.2) is 20.0 Å². The minimum atomic E-state index is 0.570. The zero-order chi connectivity index (χ0) is 67.9. The van der Waals surface area contributed by atoms with Crippen molar-refractivity contribution in [3.63, 3.8) is 0 Å². The van der Waals surface area contributed by atoms with Crippen LogP contribution in [-0.2, 0) is 12.8 Å². The van der Waals surface area contributed by atoms with Crippen LogP contribution in [0.15, 0.2) is 200 Å². The Morgan fingerprint density at radius 1 is 0.485 bits per heavy atom. The van der Waals surface area contributed by atoms with Crippen LogP contribution in [-0.4, -0.2) is 129 Å². The average molecular weight is 1390 g/mol. The van der Waals surface area contributed by atoms with E-state index in [4.69, 9.17) is 22.9 Å². The first-order valence-electron chi connectivity index (χ1n) is 34.5. The molecule has 3 saturated heterocycles. The Hall–Kier alpha value is -8.96. The smallest absolute Gasteiger partial charge is 0.141 e. The molecule has 12 heterocycles. The number of aromatic nitrogens is 4. The molecule has 3 fully saturated rings. The first-order valence-corrected chi connectivity index (χ1v) is 38.0. The molecule has 4 aromatic carbocycles. The normalized spacial score (nSPS) is 20.3. The SMILES string of the molecule is CN1C2C=C(c3c[nH]c4ccc(N=C(N)c5cccs5)cc34)CC1CC2.CN1CCC[C@@H]1Cc1c[nH]c2ccc(N=C(N)c3cccs3)cc12.CN1CCC[C@H]1Cc1c[nH]c2ccc(N=C(N)c3cccs3)cc12.CNC1CC=C(c2c[nH]c3ccc(N=C(N)c4cccs4)cc23)CC1. The van der Waals surface area contributed by atoms with E-state index in [1.54, 1.807) is 45.3 Å². The van der Waals surface area contributed by atoms with E-state index in [0.717, 1.165) is 85.4 Å². The molecule has 0 radical (unpaired) electrons. The zero-order valence-electron chi connectivity index (χ0n) is 56.7. The van der Waals surface area contributed by atoms with Crippen molar-refractivity contribution < 1.29 is 0 Å². The Labute approximate surface area is 595 Å². The second-order valence-electron chi connectivity index (χ2n) is 26.7. The van der Waals surface area contributed by atoms with E-state index in [2.05, 4.69) is 167 Å². The van der Waals surface area contributed by atoms with Crippen LogP contribution >= 0.6 is 45.3 Å². The molecule has 1 aliphatic carbocycles. The third-order valence-electron chi connectivity index (χ3n) is 20.4. The summed E-state index contributed by atoms with van der Waals surface area (Å²) >= 11 is 6.45. The molecular weight excluding hydrogens is 1300 g/mol. The molecule has 5 aliphatic rings. The van der Waals surface area contributed by atoms with Crippen molar-refractivity contribution in [3.8, 4) is 0 Å². The lowest BCUT2D eigenvalue weighted by Gasteiger charge is -2.30. The first-order chi connectivity index (χ1) is 48.3. The molecule has 0 amide bonds. The van der Waals surface area contributed by atoms with Crippen LogP contribution in [0.5, 0.6) is 0 Å². The van der Waals surface area contributed by atoms with Gasteiger partial charge in [0.05, 0.1) is 42.3 Å². The molecule has 12 aromatic rings. The summed E-state index contributed by atoms with van der Waals surface area (Å²) in [5.41, 5.74) is 41.0. The number of thiophene rings is 4. The fraction of sp³-hybridized carbons (Fsp3) is 0.291. The minimum absolute atomic E-state index is 0.570. The zero-order valence-corrected chi connectivity index (χ0v) is 59.9. The van der Waals surface area contributed by atoms with Gasteiger partial charge in [-0.15, -0.1) is 45.3 Å². The van der Waals surface area contributed by atoms with E-state index < -0.39 is 0 Å². The minimum Gasteiger partial charge on any atom is -0.383 e. The molecule has 0 spiro atoms. The predicted octanol–water partition coefficient (Wildman–Crippen LogP) is 16.7. The number of aliphatic imine (C=N–C) groups is 4. The molecule has 20 heteroatoms. The molecule has 99 heavy (non-hydrogen) atoms. The quantitative estimate of drug-likeness (QED) is 0.0353. The maximum atomic E-state index is 6.17. The molecule has 2 bridgehead atoms. The van der Waals surface area contributed by atoms with E-state index in [-0.39, 0.29) is 0 Å². The number of aromatic amines is 4. The number of amidine groups is 4. The van der Waals surface area contributed by atoms with E-state index >= 15 is 0 Å². The summed E-state index contributed by atoms with van der Waals surface area (Å²) in [7, 11) is 8.75. The van der Waals surface area contributed by atoms with Crippen LogP contribution in [0.2, 0.25) is 0 Å². The number of fused-ring (bicyclic) bond motifs is 6. The molecule has 4 aliphatic heterocycles. The van der Waals surface area contributed by atoms with Crippen LogP contribution in [0, 0.1) is 0 Å². The van der Waals surface area contributed by atoms with Crippen molar-refractivity contribution in [1.29, 1.82) is 0 Å². The summed E-state index contributed by atoms with van der Waals surface area (Å²) in [5.74, 6) is 2.31. The highest BCUT2D eigenvalue weighted by Crippen LogP contribution is 2.41. The van der Waals surface area contributed by atoms with Crippen molar-refractivity contribution >= 4 is 146 Å². The van der Waals surface area contributed by atoms with Crippen molar-refractivity contribution in [2.45, 2.75) is 107 Å². The van der Waals surface area contributed by atoms with Gasteiger partial charge in [-0.05, 0) is 259 Å². The topological polar surface area (TPSA) is 238 Å². The molecule has 16 nitrogen and oxygen atoms in total. The third kappa shape index (κ3) is 15.6. The number of H-pyrrole nitrogens is 4. The largest absolute Gasteiger partial charge is 0.383 e.